The summed E-state index contributed by atoms with van der Waals surface area (Å²) < 4.78 is 0. The minimum atomic E-state index is 0.116. The van der Waals surface area contributed by atoms with Crippen LogP contribution in [0.2, 0.25) is 0 Å². The molecule has 17 heavy (non-hydrogen) atoms. The van der Waals surface area contributed by atoms with E-state index in [1.54, 1.807) is 0 Å². The zero-order valence-corrected chi connectivity index (χ0v) is 9.44. The molecule has 0 saturated carbocycles. The Morgan fingerprint density at radius 2 is 1.71 bits per heavy atom. The van der Waals surface area contributed by atoms with E-state index in [4.69, 9.17) is 0 Å². The number of nitrogens with one attached hydrogen (secondary N) is 1. The third-order valence-corrected chi connectivity index (χ3v) is 3.11. The van der Waals surface area contributed by atoms with Gasteiger partial charge in [-0.15, -0.1) is 0 Å². The van der Waals surface area contributed by atoms with E-state index in [-0.39, 0.29) is 5.91 Å². The molecule has 0 spiro atoms. The molecule has 1 amide bonds. The van der Waals surface area contributed by atoms with Gasteiger partial charge in [-0.05, 0) is 35.2 Å². The van der Waals surface area contributed by atoms with Crippen molar-refractivity contribution in [3.05, 3.63) is 54.1 Å². The van der Waals surface area contributed by atoms with Crippen molar-refractivity contribution >= 4 is 11.6 Å². The van der Waals surface area contributed by atoms with Crippen LogP contribution in [0.25, 0.3) is 11.1 Å². The third-order valence-electron chi connectivity index (χ3n) is 3.11. The maximum absolute atomic E-state index is 11.3. The van der Waals surface area contributed by atoms with Crippen LogP contribution in [0.1, 0.15) is 12.0 Å². The Morgan fingerprint density at radius 3 is 2.53 bits per heavy atom. The average molecular weight is 223 g/mol. The Morgan fingerprint density at radius 1 is 0.882 bits per heavy atom. The van der Waals surface area contributed by atoms with Crippen LogP contribution >= 0.6 is 0 Å². The summed E-state index contributed by atoms with van der Waals surface area (Å²) in [6.07, 6.45) is 1.42. The molecule has 0 unspecified atom stereocenters. The molecule has 2 aromatic rings. The number of anilines is 1. The molecule has 2 nitrogen and oxygen atoms in total. The van der Waals surface area contributed by atoms with Crippen molar-refractivity contribution in [2.45, 2.75) is 12.8 Å². The van der Waals surface area contributed by atoms with Crippen LogP contribution in [-0.2, 0) is 11.2 Å². The standard InChI is InChI=1S/C15H13NO/c17-15-9-7-13-10-12(6-8-14(13)16-15)11-4-2-1-3-5-11/h1-6,8,10H,7,9H2,(H,16,17). The SMILES string of the molecule is O=C1CCc2cc(-c3ccccc3)ccc2N1. The first kappa shape index (κ1) is 10.1. The van der Waals surface area contributed by atoms with Crippen LogP contribution in [0, 0.1) is 0 Å². The predicted octanol–water partition coefficient (Wildman–Crippen LogP) is 3.24. The summed E-state index contributed by atoms with van der Waals surface area (Å²) in [5.74, 6) is 0.116. The number of benzene rings is 2. The van der Waals surface area contributed by atoms with E-state index >= 15 is 0 Å². The molecule has 84 valence electrons. The highest BCUT2D eigenvalue weighted by Crippen LogP contribution is 2.28. The Kier molecular flexibility index (Phi) is 2.41. The monoisotopic (exact) mass is 223 g/mol. The zero-order valence-electron chi connectivity index (χ0n) is 9.44. The molecule has 0 aromatic heterocycles. The number of aryl methyl sites for hydroxylation is 1. The maximum Gasteiger partial charge on any atom is 0.224 e. The molecule has 1 aliphatic heterocycles. The lowest BCUT2D eigenvalue weighted by Crippen LogP contribution is -2.18. The molecule has 2 heteroatoms. The van der Waals surface area contributed by atoms with Crippen molar-refractivity contribution in [3.63, 3.8) is 0 Å². The van der Waals surface area contributed by atoms with E-state index in [2.05, 4.69) is 29.6 Å². The summed E-state index contributed by atoms with van der Waals surface area (Å²) in [7, 11) is 0. The molecule has 3 rings (SSSR count). The fraction of sp³-hybridized carbons (Fsp3) is 0.133. The smallest absolute Gasteiger partial charge is 0.224 e. The van der Waals surface area contributed by atoms with Gasteiger partial charge in [-0.1, -0.05) is 36.4 Å². The molecule has 0 aliphatic carbocycles. The molecule has 0 bridgehead atoms. The number of amides is 1. The van der Waals surface area contributed by atoms with Gasteiger partial charge >= 0.3 is 0 Å². The van der Waals surface area contributed by atoms with Crippen LogP contribution in [0.4, 0.5) is 5.69 Å². The lowest BCUT2D eigenvalue weighted by molar-refractivity contribution is -0.116. The van der Waals surface area contributed by atoms with Gasteiger partial charge in [-0.2, -0.15) is 0 Å². The van der Waals surface area contributed by atoms with Crippen molar-refractivity contribution in [2.75, 3.05) is 5.32 Å². The van der Waals surface area contributed by atoms with Crippen molar-refractivity contribution in [1.82, 2.24) is 0 Å². The first-order valence-corrected chi connectivity index (χ1v) is 5.81. The van der Waals surface area contributed by atoms with E-state index < -0.39 is 0 Å². The molecule has 0 saturated heterocycles. The summed E-state index contributed by atoms with van der Waals surface area (Å²) in [6, 6.07) is 16.5. The third kappa shape index (κ3) is 1.94. The summed E-state index contributed by atoms with van der Waals surface area (Å²) in [5, 5.41) is 2.90. The number of fused-ring (bicyclic) bond motifs is 1. The van der Waals surface area contributed by atoms with Crippen molar-refractivity contribution in [3.8, 4) is 11.1 Å². The van der Waals surface area contributed by atoms with Crippen LogP contribution in [0.3, 0.4) is 0 Å². The number of carbonyl (C=O) groups excluding carboxylic acids is 1. The van der Waals surface area contributed by atoms with Gasteiger partial charge in [0, 0.05) is 12.1 Å². The topological polar surface area (TPSA) is 29.1 Å². The summed E-state index contributed by atoms with van der Waals surface area (Å²) >= 11 is 0. The maximum atomic E-state index is 11.3. The van der Waals surface area contributed by atoms with E-state index in [1.807, 2.05) is 24.3 Å². The number of hydrogen-bond donors (Lipinski definition) is 1. The van der Waals surface area contributed by atoms with Crippen molar-refractivity contribution < 1.29 is 4.79 Å². The van der Waals surface area contributed by atoms with Crippen LogP contribution in [0.15, 0.2) is 48.5 Å². The largest absolute Gasteiger partial charge is 0.326 e. The first-order valence-electron chi connectivity index (χ1n) is 5.81. The lowest BCUT2D eigenvalue weighted by atomic mass is 9.97. The molecular weight excluding hydrogens is 210 g/mol. The second-order valence-corrected chi connectivity index (χ2v) is 4.29. The highest BCUT2D eigenvalue weighted by atomic mass is 16.1. The van der Waals surface area contributed by atoms with Gasteiger partial charge in [0.25, 0.3) is 0 Å². The molecular formula is C15H13NO. The number of rotatable bonds is 1. The van der Waals surface area contributed by atoms with Crippen molar-refractivity contribution in [2.24, 2.45) is 0 Å². The van der Waals surface area contributed by atoms with Gasteiger partial charge in [0.1, 0.15) is 0 Å². The van der Waals surface area contributed by atoms with Crippen molar-refractivity contribution in [1.29, 1.82) is 0 Å². The molecule has 0 atom stereocenters. The highest BCUT2D eigenvalue weighted by molar-refractivity contribution is 5.94. The quantitative estimate of drug-likeness (QED) is 0.790. The summed E-state index contributed by atoms with van der Waals surface area (Å²) in [6.45, 7) is 0. The fourth-order valence-corrected chi connectivity index (χ4v) is 2.19. The molecule has 0 fully saturated rings. The van der Waals surface area contributed by atoms with Gasteiger partial charge in [0.05, 0.1) is 0 Å². The van der Waals surface area contributed by atoms with E-state index in [0.29, 0.717) is 6.42 Å². The predicted molar refractivity (Wildman–Crippen MR) is 68.8 cm³/mol. The summed E-state index contributed by atoms with van der Waals surface area (Å²) in [5.41, 5.74) is 4.61. The molecule has 1 aliphatic rings. The minimum absolute atomic E-state index is 0.116. The number of carbonyl (C=O) groups is 1. The highest BCUT2D eigenvalue weighted by Gasteiger charge is 2.14. The Bertz CT molecular complexity index is 560. The second kappa shape index (κ2) is 4.06. The Labute approximate surface area is 100 Å². The normalized spacial score (nSPS) is 14.0. The van der Waals surface area contributed by atoms with Gasteiger partial charge in [-0.3, -0.25) is 4.79 Å². The molecule has 2 aromatic carbocycles. The lowest BCUT2D eigenvalue weighted by Gasteiger charge is -2.17. The molecule has 1 heterocycles. The van der Waals surface area contributed by atoms with Crippen LogP contribution < -0.4 is 5.32 Å². The van der Waals surface area contributed by atoms with Crippen LogP contribution in [0.5, 0.6) is 0 Å². The Hall–Kier alpha value is -2.09. The first-order chi connectivity index (χ1) is 8.33. The summed E-state index contributed by atoms with van der Waals surface area (Å²) in [4.78, 5) is 11.3. The minimum Gasteiger partial charge on any atom is -0.326 e. The molecule has 0 radical (unpaired) electrons. The van der Waals surface area contributed by atoms with E-state index in [0.717, 1.165) is 12.1 Å². The Balaban J connectivity index is 2.02. The van der Waals surface area contributed by atoms with Gasteiger partial charge in [0.2, 0.25) is 5.91 Å². The fourth-order valence-electron chi connectivity index (χ4n) is 2.19. The zero-order chi connectivity index (χ0) is 11.7. The van der Waals surface area contributed by atoms with E-state index in [1.165, 1.54) is 16.7 Å². The second-order valence-electron chi connectivity index (χ2n) is 4.29. The molecule has 1 N–H and O–H groups in total. The van der Waals surface area contributed by atoms with Gasteiger partial charge in [0.15, 0.2) is 0 Å². The van der Waals surface area contributed by atoms with Crippen LogP contribution in [-0.4, -0.2) is 5.91 Å². The number of hydrogen-bond acceptors (Lipinski definition) is 1. The van der Waals surface area contributed by atoms with Gasteiger partial charge in [-0.25, -0.2) is 0 Å². The average Bonchev–Trinajstić information content (AvgIpc) is 2.39. The van der Waals surface area contributed by atoms with Gasteiger partial charge < -0.3 is 5.32 Å². The van der Waals surface area contributed by atoms with E-state index in [9.17, 15) is 4.79 Å².